The summed E-state index contributed by atoms with van der Waals surface area (Å²) in [5, 5.41) is 14.7. The lowest BCUT2D eigenvalue weighted by Gasteiger charge is -2.13. The van der Waals surface area contributed by atoms with Gasteiger partial charge in [-0.1, -0.05) is 18.2 Å². The number of nitro benzene ring substituents is 1. The van der Waals surface area contributed by atoms with E-state index in [1.54, 1.807) is 0 Å². The number of nitrogens with one attached hydrogen (secondary N) is 1. The highest BCUT2D eigenvalue weighted by atomic mass is 16.6. The molecule has 2 aromatic carbocycles. The monoisotopic (exact) mass is 421 g/mol. The van der Waals surface area contributed by atoms with Gasteiger partial charge >= 0.3 is 0 Å². The maximum absolute atomic E-state index is 12.4. The second-order valence-corrected chi connectivity index (χ2v) is 7.20. The van der Waals surface area contributed by atoms with Crippen molar-refractivity contribution in [2.24, 2.45) is 0 Å². The van der Waals surface area contributed by atoms with E-state index in [1.807, 2.05) is 30.3 Å². The van der Waals surface area contributed by atoms with Crippen LogP contribution in [0.15, 0.2) is 52.9 Å². The number of nitrogens with zero attached hydrogens (tertiary/aromatic N) is 2. The highest BCUT2D eigenvalue weighted by molar-refractivity contribution is 6.21. The molecule has 0 bridgehead atoms. The minimum Gasteiger partial charge on any atom is -0.461 e. The molecule has 1 aliphatic heterocycles. The van der Waals surface area contributed by atoms with Crippen molar-refractivity contribution in [3.8, 4) is 0 Å². The van der Waals surface area contributed by atoms with Crippen LogP contribution in [-0.2, 0) is 11.2 Å². The molecule has 0 unspecified atom stereocenters. The Morgan fingerprint density at radius 2 is 1.84 bits per heavy atom. The molecule has 9 nitrogen and oxygen atoms in total. The van der Waals surface area contributed by atoms with Crippen LogP contribution in [0.25, 0.3) is 11.0 Å². The number of hydrogen-bond acceptors (Lipinski definition) is 6. The van der Waals surface area contributed by atoms with Gasteiger partial charge in [-0.3, -0.25) is 29.4 Å². The second-order valence-electron chi connectivity index (χ2n) is 7.20. The third-order valence-electron chi connectivity index (χ3n) is 5.12. The van der Waals surface area contributed by atoms with Gasteiger partial charge < -0.3 is 9.73 Å². The standard InChI is InChI=1S/C22H19N3O6/c26-20(23-10-9-16-12-14-4-1-2-5-19(14)31-16)6-3-11-24-21(27)17-8-7-15(25(29)30)13-18(17)22(24)28/h1-2,4-5,7-8,12-13H,3,6,9-11H2,(H,23,26). The minimum absolute atomic E-state index is 0.0227. The smallest absolute Gasteiger partial charge is 0.270 e. The van der Waals surface area contributed by atoms with Crippen LogP contribution < -0.4 is 5.32 Å². The molecule has 1 N–H and O–H groups in total. The molecule has 3 aromatic rings. The summed E-state index contributed by atoms with van der Waals surface area (Å²) in [5.41, 5.74) is 0.723. The van der Waals surface area contributed by atoms with Gasteiger partial charge in [0.15, 0.2) is 0 Å². The predicted molar refractivity (Wildman–Crippen MR) is 111 cm³/mol. The fourth-order valence-electron chi connectivity index (χ4n) is 3.57. The summed E-state index contributed by atoms with van der Waals surface area (Å²) < 4.78 is 5.70. The van der Waals surface area contributed by atoms with Crippen LogP contribution in [0, 0.1) is 10.1 Å². The number of benzene rings is 2. The molecule has 0 radical (unpaired) electrons. The first-order valence-corrected chi connectivity index (χ1v) is 9.83. The Morgan fingerprint density at radius 3 is 2.61 bits per heavy atom. The number of carbonyl (C=O) groups excluding carboxylic acids is 3. The number of hydrogen-bond donors (Lipinski definition) is 1. The van der Waals surface area contributed by atoms with Crippen LogP contribution in [0.3, 0.4) is 0 Å². The van der Waals surface area contributed by atoms with E-state index in [9.17, 15) is 24.5 Å². The maximum atomic E-state index is 12.4. The second kappa shape index (κ2) is 8.39. The minimum atomic E-state index is -0.615. The largest absolute Gasteiger partial charge is 0.461 e. The summed E-state index contributed by atoms with van der Waals surface area (Å²) >= 11 is 0. The number of rotatable bonds is 8. The number of fused-ring (bicyclic) bond motifs is 2. The summed E-state index contributed by atoms with van der Waals surface area (Å²) in [6, 6.07) is 13.2. The van der Waals surface area contributed by atoms with E-state index < -0.39 is 16.7 Å². The van der Waals surface area contributed by atoms with Gasteiger partial charge in [-0.05, 0) is 24.6 Å². The lowest BCUT2D eigenvalue weighted by atomic mass is 10.1. The first kappa shape index (κ1) is 20.3. The Morgan fingerprint density at radius 1 is 1.06 bits per heavy atom. The van der Waals surface area contributed by atoms with Crippen molar-refractivity contribution in [1.82, 2.24) is 10.2 Å². The van der Waals surface area contributed by atoms with Crippen LogP contribution in [0.2, 0.25) is 0 Å². The number of furan rings is 1. The van der Waals surface area contributed by atoms with E-state index in [1.165, 1.54) is 12.1 Å². The number of carbonyl (C=O) groups is 3. The van der Waals surface area contributed by atoms with Gasteiger partial charge in [0.05, 0.1) is 16.1 Å². The predicted octanol–water partition coefficient (Wildman–Crippen LogP) is 3.08. The van der Waals surface area contributed by atoms with E-state index in [-0.39, 0.29) is 35.7 Å². The highest BCUT2D eigenvalue weighted by Crippen LogP contribution is 2.27. The Hall–Kier alpha value is -4.01. The third-order valence-corrected chi connectivity index (χ3v) is 5.12. The van der Waals surface area contributed by atoms with E-state index in [4.69, 9.17) is 4.42 Å². The van der Waals surface area contributed by atoms with Crippen molar-refractivity contribution in [2.75, 3.05) is 13.1 Å². The molecular weight excluding hydrogens is 402 g/mol. The quantitative estimate of drug-likeness (QED) is 0.339. The normalized spacial score (nSPS) is 13.0. The SMILES string of the molecule is O=C(CCCN1C(=O)c2ccc([N+](=O)[O-])cc2C1=O)NCCc1cc2ccccc2o1. The lowest BCUT2D eigenvalue weighted by Crippen LogP contribution is -2.32. The van der Waals surface area contributed by atoms with Gasteiger partial charge in [0.1, 0.15) is 11.3 Å². The maximum Gasteiger partial charge on any atom is 0.270 e. The Kier molecular flexibility index (Phi) is 5.48. The Balaban J connectivity index is 1.24. The molecule has 0 saturated carbocycles. The molecule has 9 heteroatoms. The molecule has 2 heterocycles. The third kappa shape index (κ3) is 4.16. The Labute approximate surface area is 176 Å². The van der Waals surface area contributed by atoms with Crippen molar-refractivity contribution in [3.05, 3.63) is 75.5 Å². The van der Waals surface area contributed by atoms with Gasteiger partial charge in [-0.25, -0.2) is 0 Å². The van der Waals surface area contributed by atoms with Crippen molar-refractivity contribution in [2.45, 2.75) is 19.3 Å². The molecule has 0 aliphatic carbocycles. The van der Waals surface area contributed by atoms with E-state index in [0.29, 0.717) is 19.4 Å². The lowest BCUT2D eigenvalue weighted by molar-refractivity contribution is -0.384. The number of amides is 3. The van der Waals surface area contributed by atoms with Crippen LogP contribution in [-0.4, -0.2) is 40.6 Å². The first-order valence-electron chi connectivity index (χ1n) is 9.83. The van der Waals surface area contributed by atoms with E-state index in [2.05, 4.69) is 5.32 Å². The topological polar surface area (TPSA) is 123 Å². The number of para-hydroxylation sites is 1. The van der Waals surface area contributed by atoms with Gasteiger partial charge in [0, 0.05) is 43.5 Å². The van der Waals surface area contributed by atoms with E-state index in [0.717, 1.165) is 27.7 Å². The highest BCUT2D eigenvalue weighted by Gasteiger charge is 2.36. The average Bonchev–Trinajstić information content (AvgIpc) is 3.27. The summed E-state index contributed by atoms with van der Waals surface area (Å²) in [6.07, 6.45) is 0.995. The number of nitro groups is 1. The zero-order valence-electron chi connectivity index (χ0n) is 16.5. The molecule has 3 amide bonds. The summed E-state index contributed by atoms with van der Waals surface area (Å²) in [6.45, 7) is 0.479. The van der Waals surface area contributed by atoms with Crippen molar-refractivity contribution in [1.29, 1.82) is 0 Å². The fourth-order valence-corrected chi connectivity index (χ4v) is 3.57. The van der Waals surface area contributed by atoms with Crippen LogP contribution >= 0.6 is 0 Å². The molecule has 0 atom stereocenters. The molecule has 0 spiro atoms. The summed E-state index contributed by atoms with van der Waals surface area (Å²) in [5.74, 6) is -0.487. The van der Waals surface area contributed by atoms with E-state index >= 15 is 0 Å². The molecule has 1 aromatic heterocycles. The van der Waals surface area contributed by atoms with Gasteiger partial charge in [-0.2, -0.15) is 0 Å². The molecule has 4 rings (SSSR count). The summed E-state index contributed by atoms with van der Waals surface area (Å²) in [7, 11) is 0. The summed E-state index contributed by atoms with van der Waals surface area (Å²) in [4.78, 5) is 48.2. The fraction of sp³-hybridized carbons (Fsp3) is 0.227. The molecule has 1 aliphatic rings. The van der Waals surface area contributed by atoms with Gasteiger partial charge in [-0.15, -0.1) is 0 Å². The van der Waals surface area contributed by atoms with Crippen molar-refractivity contribution >= 4 is 34.4 Å². The van der Waals surface area contributed by atoms with Crippen molar-refractivity contribution < 1.29 is 23.7 Å². The number of non-ortho nitro benzene ring substituents is 1. The van der Waals surface area contributed by atoms with Gasteiger partial charge in [0.2, 0.25) is 5.91 Å². The zero-order chi connectivity index (χ0) is 22.0. The molecule has 0 saturated heterocycles. The molecule has 158 valence electrons. The molecular formula is C22H19N3O6. The molecule has 31 heavy (non-hydrogen) atoms. The van der Waals surface area contributed by atoms with Gasteiger partial charge in [0.25, 0.3) is 17.5 Å². The van der Waals surface area contributed by atoms with Crippen LogP contribution in [0.5, 0.6) is 0 Å². The zero-order valence-corrected chi connectivity index (χ0v) is 16.5. The first-order chi connectivity index (χ1) is 14.9. The molecule has 0 fully saturated rings. The number of imide groups is 1. The van der Waals surface area contributed by atoms with Crippen molar-refractivity contribution in [3.63, 3.8) is 0 Å². The van der Waals surface area contributed by atoms with Crippen LogP contribution in [0.1, 0.15) is 39.3 Å². The Bertz CT molecular complexity index is 1170. The van der Waals surface area contributed by atoms with Crippen LogP contribution in [0.4, 0.5) is 5.69 Å². The average molecular weight is 421 g/mol.